The molecule has 1 fully saturated rings. The summed E-state index contributed by atoms with van der Waals surface area (Å²) in [5.74, 6) is -0.628. The molecule has 0 bridgehead atoms. The van der Waals surface area contributed by atoms with Crippen LogP contribution in [0.15, 0.2) is 18.2 Å². The number of benzene rings is 1. The minimum absolute atomic E-state index is 0.00471. The number of amides is 3. The van der Waals surface area contributed by atoms with Crippen molar-refractivity contribution in [1.29, 1.82) is 0 Å². The standard InChI is InChI=1S/C15H17N3O3/c16-14(20)12-2-1-7-18(12)15(21)10-3-5-11-9(8-10)4-6-13(19)17-11/h3,5,8,12H,1-2,4,6-7H2,(H2,16,20)(H,17,19). The lowest BCUT2D eigenvalue weighted by Gasteiger charge is -2.23. The Morgan fingerprint density at radius 2 is 2.10 bits per heavy atom. The third-order valence-corrected chi connectivity index (χ3v) is 4.09. The molecule has 21 heavy (non-hydrogen) atoms. The van der Waals surface area contributed by atoms with Gasteiger partial charge in [0, 0.05) is 24.2 Å². The van der Waals surface area contributed by atoms with E-state index in [1.807, 2.05) is 0 Å². The molecule has 6 heteroatoms. The summed E-state index contributed by atoms with van der Waals surface area (Å²) < 4.78 is 0. The van der Waals surface area contributed by atoms with Gasteiger partial charge in [0.05, 0.1) is 0 Å². The van der Waals surface area contributed by atoms with Crippen molar-refractivity contribution >= 4 is 23.4 Å². The maximum Gasteiger partial charge on any atom is 0.254 e. The normalized spacial score (nSPS) is 20.9. The van der Waals surface area contributed by atoms with E-state index in [2.05, 4.69) is 5.32 Å². The minimum Gasteiger partial charge on any atom is -0.368 e. The highest BCUT2D eigenvalue weighted by molar-refractivity contribution is 5.99. The van der Waals surface area contributed by atoms with Crippen molar-refractivity contribution in [2.24, 2.45) is 5.73 Å². The van der Waals surface area contributed by atoms with E-state index >= 15 is 0 Å². The summed E-state index contributed by atoms with van der Waals surface area (Å²) in [6.07, 6.45) is 2.47. The highest BCUT2D eigenvalue weighted by Gasteiger charge is 2.33. The number of carbonyl (C=O) groups is 3. The molecule has 1 aromatic carbocycles. The van der Waals surface area contributed by atoms with Crippen molar-refractivity contribution < 1.29 is 14.4 Å². The average Bonchev–Trinajstić information content (AvgIpc) is 2.95. The molecule has 2 heterocycles. The summed E-state index contributed by atoms with van der Waals surface area (Å²) >= 11 is 0. The van der Waals surface area contributed by atoms with E-state index < -0.39 is 11.9 Å². The van der Waals surface area contributed by atoms with Gasteiger partial charge in [-0.3, -0.25) is 14.4 Å². The monoisotopic (exact) mass is 287 g/mol. The number of nitrogens with zero attached hydrogens (tertiary/aromatic N) is 1. The Morgan fingerprint density at radius 3 is 2.86 bits per heavy atom. The summed E-state index contributed by atoms with van der Waals surface area (Å²) in [5.41, 5.74) is 7.60. The SMILES string of the molecule is NC(=O)C1CCCN1C(=O)c1ccc2c(c1)CCC(=O)N2. The van der Waals surface area contributed by atoms with Crippen LogP contribution in [0.4, 0.5) is 5.69 Å². The molecule has 0 spiro atoms. The molecule has 2 aliphatic rings. The first-order valence-corrected chi connectivity index (χ1v) is 7.09. The van der Waals surface area contributed by atoms with Crippen LogP contribution in [-0.2, 0) is 16.0 Å². The topological polar surface area (TPSA) is 92.5 Å². The lowest BCUT2D eigenvalue weighted by molar-refractivity contribution is -0.121. The van der Waals surface area contributed by atoms with Crippen LogP contribution in [0.5, 0.6) is 0 Å². The molecule has 3 rings (SSSR count). The molecular formula is C15H17N3O3. The smallest absolute Gasteiger partial charge is 0.254 e. The summed E-state index contributed by atoms with van der Waals surface area (Å²) in [7, 11) is 0. The lowest BCUT2D eigenvalue weighted by Crippen LogP contribution is -2.43. The van der Waals surface area contributed by atoms with E-state index in [4.69, 9.17) is 5.73 Å². The van der Waals surface area contributed by atoms with E-state index in [9.17, 15) is 14.4 Å². The molecule has 0 saturated carbocycles. The van der Waals surface area contributed by atoms with Crippen LogP contribution >= 0.6 is 0 Å². The quantitative estimate of drug-likeness (QED) is 0.837. The number of aryl methyl sites for hydroxylation is 1. The fourth-order valence-electron chi connectivity index (χ4n) is 2.99. The minimum atomic E-state index is -0.506. The van der Waals surface area contributed by atoms with Gasteiger partial charge in [-0.25, -0.2) is 0 Å². The number of nitrogens with two attached hydrogens (primary N) is 1. The van der Waals surface area contributed by atoms with E-state index in [0.717, 1.165) is 17.7 Å². The molecule has 1 atom stereocenters. The van der Waals surface area contributed by atoms with Gasteiger partial charge in [-0.2, -0.15) is 0 Å². The largest absolute Gasteiger partial charge is 0.368 e. The molecule has 1 unspecified atom stereocenters. The first kappa shape index (κ1) is 13.6. The van der Waals surface area contributed by atoms with Gasteiger partial charge in [-0.05, 0) is 43.0 Å². The second-order valence-corrected chi connectivity index (χ2v) is 5.48. The Hall–Kier alpha value is -2.37. The highest BCUT2D eigenvalue weighted by atomic mass is 16.2. The van der Waals surface area contributed by atoms with Crippen molar-refractivity contribution in [3.8, 4) is 0 Å². The number of rotatable bonds is 2. The number of carbonyl (C=O) groups excluding carboxylic acids is 3. The first-order chi connectivity index (χ1) is 10.1. The van der Waals surface area contributed by atoms with E-state index in [1.165, 1.54) is 0 Å². The molecule has 6 nitrogen and oxygen atoms in total. The second kappa shape index (κ2) is 5.20. The summed E-state index contributed by atoms with van der Waals surface area (Å²) in [4.78, 5) is 36.8. The number of hydrogen-bond acceptors (Lipinski definition) is 3. The molecule has 110 valence electrons. The van der Waals surface area contributed by atoms with Crippen molar-refractivity contribution in [2.45, 2.75) is 31.7 Å². The highest BCUT2D eigenvalue weighted by Crippen LogP contribution is 2.26. The van der Waals surface area contributed by atoms with E-state index in [0.29, 0.717) is 31.4 Å². The molecule has 2 aliphatic heterocycles. The predicted molar refractivity (Wildman–Crippen MR) is 76.6 cm³/mol. The van der Waals surface area contributed by atoms with Crippen LogP contribution in [-0.4, -0.2) is 35.2 Å². The Bertz CT molecular complexity index is 627. The summed E-state index contributed by atoms with van der Waals surface area (Å²) in [6, 6.07) is 4.72. The molecule has 0 radical (unpaired) electrons. The van der Waals surface area contributed by atoms with Crippen LogP contribution in [0.1, 0.15) is 35.2 Å². The fourth-order valence-corrected chi connectivity index (χ4v) is 2.99. The third-order valence-electron chi connectivity index (χ3n) is 4.09. The molecule has 0 aromatic heterocycles. The fraction of sp³-hybridized carbons (Fsp3) is 0.400. The van der Waals surface area contributed by atoms with Crippen molar-refractivity contribution in [1.82, 2.24) is 4.90 Å². The van der Waals surface area contributed by atoms with Gasteiger partial charge in [-0.1, -0.05) is 0 Å². The Morgan fingerprint density at radius 1 is 1.29 bits per heavy atom. The van der Waals surface area contributed by atoms with Crippen molar-refractivity contribution in [2.75, 3.05) is 11.9 Å². The van der Waals surface area contributed by atoms with E-state index in [-0.39, 0.29) is 11.8 Å². The lowest BCUT2D eigenvalue weighted by atomic mass is 10.00. The summed E-state index contributed by atoms with van der Waals surface area (Å²) in [5, 5.41) is 2.78. The Balaban J connectivity index is 1.85. The van der Waals surface area contributed by atoms with Gasteiger partial charge in [0.1, 0.15) is 6.04 Å². The average molecular weight is 287 g/mol. The zero-order valence-corrected chi connectivity index (χ0v) is 11.6. The van der Waals surface area contributed by atoms with Gasteiger partial charge in [0.25, 0.3) is 5.91 Å². The number of anilines is 1. The number of nitrogens with one attached hydrogen (secondary N) is 1. The van der Waals surface area contributed by atoms with Crippen molar-refractivity contribution in [3.63, 3.8) is 0 Å². The van der Waals surface area contributed by atoms with Crippen LogP contribution in [0.3, 0.4) is 0 Å². The van der Waals surface area contributed by atoms with Gasteiger partial charge < -0.3 is 16.0 Å². The number of likely N-dealkylation sites (tertiary alicyclic amines) is 1. The van der Waals surface area contributed by atoms with Gasteiger partial charge in [-0.15, -0.1) is 0 Å². The Kier molecular flexibility index (Phi) is 3.37. The van der Waals surface area contributed by atoms with Gasteiger partial charge in [0.2, 0.25) is 11.8 Å². The molecule has 1 saturated heterocycles. The number of primary amides is 1. The molecule has 0 aliphatic carbocycles. The zero-order valence-electron chi connectivity index (χ0n) is 11.6. The molecule has 3 N–H and O–H groups in total. The summed E-state index contributed by atoms with van der Waals surface area (Å²) in [6.45, 7) is 0.556. The molecule has 1 aromatic rings. The van der Waals surface area contributed by atoms with Crippen molar-refractivity contribution in [3.05, 3.63) is 29.3 Å². The first-order valence-electron chi connectivity index (χ1n) is 7.09. The van der Waals surface area contributed by atoms with Gasteiger partial charge in [0.15, 0.2) is 0 Å². The maximum absolute atomic E-state index is 12.5. The van der Waals surface area contributed by atoms with E-state index in [1.54, 1.807) is 23.1 Å². The van der Waals surface area contributed by atoms with Crippen LogP contribution < -0.4 is 11.1 Å². The second-order valence-electron chi connectivity index (χ2n) is 5.48. The predicted octanol–water partition coefficient (Wildman–Crippen LogP) is 0.661. The van der Waals surface area contributed by atoms with Gasteiger partial charge >= 0.3 is 0 Å². The number of fused-ring (bicyclic) bond motifs is 1. The van der Waals surface area contributed by atoms with Crippen LogP contribution in [0, 0.1) is 0 Å². The molecular weight excluding hydrogens is 270 g/mol. The molecule has 3 amide bonds. The number of hydrogen-bond donors (Lipinski definition) is 2. The maximum atomic E-state index is 12.5. The Labute approximate surface area is 122 Å². The van der Waals surface area contributed by atoms with Crippen LogP contribution in [0.25, 0.3) is 0 Å². The third kappa shape index (κ3) is 2.49. The van der Waals surface area contributed by atoms with Crippen LogP contribution in [0.2, 0.25) is 0 Å². The zero-order chi connectivity index (χ0) is 15.0.